The molecule has 2 aromatic rings. The molecule has 0 aliphatic rings. The molecule has 0 saturated carbocycles. The lowest BCUT2D eigenvalue weighted by Gasteiger charge is -2.08. The van der Waals surface area contributed by atoms with E-state index in [1.807, 2.05) is 24.3 Å². The Balaban J connectivity index is 1.80. The summed E-state index contributed by atoms with van der Waals surface area (Å²) in [7, 11) is 0. The van der Waals surface area contributed by atoms with E-state index in [9.17, 15) is 0 Å². The molecular formula is C21H30N2O2. The average molecular weight is 342 g/mol. The van der Waals surface area contributed by atoms with E-state index in [4.69, 9.17) is 9.47 Å². The molecule has 0 spiro atoms. The molecular weight excluding hydrogens is 312 g/mol. The predicted molar refractivity (Wildman–Crippen MR) is 102 cm³/mol. The maximum absolute atomic E-state index is 5.77. The highest BCUT2D eigenvalue weighted by molar-refractivity contribution is 5.56. The largest absolute Gasteiger partial charge is 0.494 e. The van der Waals surface area contributed by atoms with E-state index in [2.05, 4.69) is 23.8 Å². The van der Waals surface area contributed by atoms with E-state index in [0.717, 1.165) is 43.1 Å². The lowest BCUT2D eigenvalue weighted by Crippen LogP contribution is -1.99. The van der Waals surface area contributed by atoms with Crippen LogP contribution in [0.5, 0.6) is 11.5 Å². The van der Waals surface area contributed by atoms with Crippen molar-refractivity contribution in [2.75, 3.05) is 13.2 Å². The standard InChI is InChI=1S/C21H30N2O2/c1-3-5-7-9-15-24-19-12-10-18(11-13-19)21-22-16-20(17-23-21)25-14-8-6-4-2/h10-13,16-17H,3-9,14-15H2,1-2H3. The van der Waals surface area contributed by atoms with E-state index in [1.54, 1.807) is 12.4 Å². The second-order valence-corrected chi connectivity index (χ2v) is 6.23. The number of hydrogen-bond acceptors (Lipinski definition) is 4. The normalized spacial score (nSPS) is 10.6. The van der Waals surface area contributed by atoms with Crippen LogP contribution in [0.1, 0.15) is 58.8 Å². The van der Waals surface area contributed by atoms with Crippen molar-refractivity contribution in [2.24, 2.45) is 0 Å². The minimum Gasteiger partial charge on any atom is -0.494 e. The highest BCUT2D eigenvalue weighted by atomic mass is 16.5. The van der Waals surface area contributed by atoms with Crippen LogP contribution in [0.2, 0.25) is 0 Å². The monoisotopic (exact) mass is 342 g/mol. The molecule has 136 valence electrons. The third-order valence-corrected chi connectivity index (χ3v) is 4.02. The van der Waals surface area contributed by atoms with Gasteiger partial charge in [-0.25, -0.2) is 9.97 Å². The van der Waals surface area contributed by atoms with Crippen LogP contribution in [0.25, 0.3) is 11.4 Å². The first-order valence-electron chi connectivity index (χ1n) is 9.51. The predicted octanol–water partition coefficient (Wildman–Crippen LogP) is 5.67. The van der Waals surface area contributed by atoms with Gasteiger partial charge in [-0.1, -0.05) is 46.0 Å². The Morgan fingerprint density at radius 3 is 1.88 bits per heavy atom. The third kappa shape index (κ3) is 7.12. The first-order valence-corrected chi connectivity index (χ1v) is 9.51. The summed E-state index contributed by atoms with van der Waals surface area (Å²) in [4.78, 5) is 8.79. The fraction of sp³-hybridized carbons (Fsp3) is 0.524. The first-order chi connectivity index (χ1) is 12.3. The maximum atomic E-state index is 5.77. The fourth-order valence-electron chi connectivity index (χ4n) is 2.50. The van der Waals surface area contributed by atoms with Crippen LogP contribution >= 0.6 is 0 Å². The maximum Gasteiger partial charge on any atom is 0.159 e. The first kappa shape index (κ1) is 19.2. The van der Waals surface area contributed by atoms with Crippen LogP contribution in [0.15, 0.2) is 36.7 Å². The molecule has 0 aliphatic carbocycles. The van der Waals surface area contributed by atoms with Gasteiger partial charge in [-0.05, 0) is 37.1 Å². The third-order valence-electron chi connectivity index (χ3n) is 4.02. The smallest absolute Gasteiger partial charge is 0.159 e. The van der Waals surface area contributed by atoms with Gasteiger partial charge in [0.2, 0.25) is 0 Å². The van der Waals surface area contributed by atoms with Crippen molar-refractivity contribution in [3.8, 4) is 22.9 Å². The quantitative estimate of drug-likeness (QED) is 0.466. The van der Waals surface area contributed by atoms with Crippen molar-refractivity contribution in [3.05, 3.63) is 36.7 Å². The Hall–Kier alpha value is -2.10. The molecule has 4 heteroatoms. The minimum absolute atomic E-state index is 0.704. The van der Waals surface area contributed by atoms with Gasteiger partial charge in [0, 0.05) is 5.56 Å². The Kier molecular flexibility index (Phi) is 8.81. The molecule has 0 unspecified atom stereocenters. The zero-order chi connectivity index (χ0) is 17.7. The molecule has 4 nitrogen and oxygen atoms in total. The molecule has 0 fully saturated rings. The van der Waals surface area contributed by atoms with Gasteiger partial charge >= 0.3 is 0 Å². The molecule has 1 aromatic carbocycles. The topological polar surface area (TPSA) is 44.2 Å². The van der Waals surface area contributed by atoms with Gasteiger partial charge in [0.1, 0.15) is 5.75 Å². The SMILES string of the molecule is CCCCCCOc1ccc(-c2ncc(OCCCCC)cn2)cc1. The molecule has 1 aromatic heterocycles. The van der Waals surface area contributed by atoms with Crippen molar-refractivity contribution >= 4 is 0 Å². The van der Waals surface area contributed by atoms with Gasteiger partial charge in [0.15, 0.2) is 11.6 Å². The molecule has 0 bridgehead atoms. The van der Waals surface area contributed by atoms with Gasteiger partial charge in [-0.3, -0.25) is 0 Å². The van der Waals surface area contributed by atoms with E-state index in [1.165, 1.54) is 32.1 Å². The van der Waals surface area contributed by atoms with Crippen molar-refractivity contribution in [1.29, 1.82) is 0 Å². The molecule has 0 amide bonds. The molecule has 0 atom stereocenters. The summed E-state index contributed by atoms with van der Waals surface area (Å²) in [6.07, 6.45) is 11.8. The number of hydrogen-bond donors (Lipinski definition) is 0. The van der Waals surface area contributed by atoms with Crippen LogP contribution in [0, 0.1) is 0 Å². The average Bonchev–Trinajstić information content (AvgIpc) is 2.66. The van der Waals surface area contributed by atoms with E-state index in [-0.39, 0.29) is 0 Å². The number of nitrogens with zero attached hydrogens (tertiary/aromatic N) is 2. The van der Waals surface area contributed by atoms with Gasteiger partial charge in [-0.15, -0.1) is 0 Å². The second kappa shape index (κ2) is 11.5. The Labute approximate surface area is 151 Å². The van der Waals surface area contributed by atoms with Crippen LogP contribution in [-0.4, -0.2) is 23.2 Å². The van der Waals surface area contributed by atoms with Crippen molar-refractivity contribution in [2.45, 2.75) is 58.8 Å². The minimum atomic E-state index is 0.704. The number of rotatable bonds is 12. The van der Waals surface area contributed by atoms with Gasteiger partial charge in [0.25, 0.3) is 0 Å². The zero-order valence-electron chi connectivity index (χ0n) is 15.5. The molecule has 25 heavy (non-hydrogen) atoms. The summed E-state index contributed by atoms with van der Waals surface area (Å²) in [5.74, 6) is 2.33. The molecule has 0 saturated heterocycles. The highest BCUT2D eigenvalue weighted by Crippen LogP contribution is 2.20. The molecule has 0 aliphatic heterocycles. The van der Waals surface area contributed by atoms with Crippen molar-refractivity contribution in [1.82, 2.24) is 9.97 Å². The number of aromatic nitrogens is 2. The van der Waals surface area contributed by atoms with Crippen LogP contribution in [0.4, 0.5) is 0 Å². The lowest BCUT2D eigenvalue weighted by atomic mass is 10.2. The van der Waals surface area contributed by atoms with Crippen LogP contribution in [0.3, 0.4) is 0 Å². The van der Waals surface area contributed by atoms with Crippen molar-refractivity contribution < 1.29 is 9.47 Å². The Morgan fingerprint density at radius 2 is 1.24 bits per heavy atom. The van der Waals surface area contributed by atoms with Gasteiger partial charge in [-0.2, -0.15) is 0 Å². The fourth-order valence-corrected chi connectivity index (χ4v) is 2.50. The summed E-state index contributed by atoms with van der Waals surface area (Å²) in [5, 5.41) is 0. The zero-order valence-corrected chi connectivity index (χ0v) is 15.5. The summed E-state index contributed by atoms with van der Waals surface area (Å²) >= 11 is 0. The summed E-state index contributed by atoms with van der Waals surface area (Å²) in [6.45, 7) is 5.90. The summed E-state index contributed by atoms with van der Waals surface area (Å²) < 4.78 is 11.4. The summed E-state index contributed by atoms with van der Waals surface area (Å²) in [5.41, 5.74) is 0.982. The van der Waals surface area contributed by atoms with Crippen molar-refractivity contribution in [3.63, 3.8) is 0 Å². The van der Waals surface area contributed by atoms with Gasteiger partial charge < -0.3 is 9.47 Å². The lowest BCUT2D eigenvalue weighted by molar-refractivity contribution is 0.304. The molecule has 0 radical (unpaired) electrons. The molecule has 0 N–H and O–H groups in total. The molecule has 1 heterocycles. The van der Waals surface area contributed by atoms with E-state index >= 15 is 0 Å². The van der Waals surface area contributed by atoms with Crippen LogP contribution < -0.4 is 9.47 Å². The van der Waals surface area contributed by atoms with E-state index in [0.29, 0.717) is 5.82 Å². The summed E-state index contributed by atoms with van der Waals surface area (Å²) in [6, 6.07) is 7.96. The number of ether oxygens (including phenoxy) is 2. The van der Waals surface area contributed by atoms with Crippen LogP contribution in [-0.2, 0) is 0 Å². The van der Waals surface area contributed by atoms with E-state index < -0.39 is 0 Å². The Bertz CT molecular complexity index is 582. The number of unbranched alkanes of at least 4 members (excludes halogenated alkanes) is 5. The highest BCUT2D eigenvalue weighted by Gasteiger charge is 2.03. The Morgan fingerprint density at radius 1 is 0.680 bits per heavy atom. The van der Waals surface area contributed by atoms with Gasteiger partial charge in [0.05, 0.1) is 25.6 Å². The number of benzene rings is 1. The molecule has 2 rings (SSSR count). The second-order valence-electron chi connectivity index (χ2n) is 6.23.